The first kappa shape index (κ1) is 13.7. The van der Waals surface area contributed by atoms with E-state index in [0.717, 1.165) is 16.2 Å². The summed E-state index contributed by atoms with van der Waals surface area (Å²) >= 11 is 1.36. The van der Waals surface area contributed by atoms with Crippen molar-refractivity contribution in [3.05, 3.63) is 45.7 Å². The van der Waals surface area contributed by atoms with Gasteiger partial charge in [-0.15, -0.1) is 0 Å². The molecule has 4 nitrogen and oxygen atoms in total. The van der Waals surface area contributed by atoms with Crippen molar-refractivity contribution < 1.29 is 9.90 Å². The maximum absolute atomic E-state index is 11.6. The van der Waals surface area contributed by atoms with Crippen molar-refractivity contribution in [2.75, 3.05) is 6.61 Å². The standard InChI is InChI=1S/C14H16N2O2S/c1-10-13(11(2)18)19-14(16(10)8-9-17)15-12-6-4-3-5-7-12/h3-7,17H,8-9H2,1-2H3. The molecule has 1 heterocycles. The predicted molar refractivity (Wildman–Crippen MR) is 75.8 cm³/mol. The van der Waals surface area contributed by atoms with Crippen LogP contribution in [0.3, 0.4) is 0 Å². The summed E-state index contributed by atoms with van der Waals surface area (Å²) in [4.78, 5) is 17.6. The Bertz CT molecular complexity index is 641. The molecule has 0 aliphatic heterocycles. The van der Waals surface area contributed by atoms with E-state index in [0.29, 0.717) is 11.4 Å². The molecular formula is C14H16N2O2S. The average Bonchev–Trinajstić information content (AvgIpc) is 2.69. The van der Waals surface area contributed by atoms with Crippen LogP contribution in [-0.4, -0.2) is 22.1 Å². The van der Waals surface area contributed by atoms with Crippen LogP contribution in [0.1, 0.15) is 22.3 Å². The summed E-state index contributed by atoms with van der Waals surface area (Å²) in [7, 11) is 0. The monoisotopic (exact) mass is 276 g/mol. The van der Waals surface area contributed by atoms with Crippen LogP contribution in [0.25, 0.3) is 0 Å². The summed E-state index contributed by atoms with van der Waals surface area (Å²) in [5.41, 5.74) is 1.70. The molecule has 0 unspecified atom stereocenters. The maximum Gasteiger partial charge on any atom is 0.190 e. The van der Waals surface area contributed by atoms with Gasteiger partial charge in [-0.3, -0.25) is 4.79 Å². The molecule has 1 aromatic carbocycles. The fourth-order valence-electron chi connectivity index (χ4n) is 1.87. The quantitative estimate of drug-likeness (QED) is 0.871. The number of hydrogen-bond donors (Lipinski definition) is 1. The number of benzene rings is 1. The van der Waals surface area contributed by atoms with E-state index < -0.39 is 0 Å². The third-order valence-corrected chi connectivity index (χ3v) is 4.06. The number of rotatable bonds is 4. The van der Waals surface area contributed by atoms with Gasteiger partial charge in [0.25, 0.3) is 0 Å². The van der Waals surface area contributed by atoms with Crippen LogP contribution in [0, 0.1) is 6.92 Å². The van der Waals surface area contributed by atoms with Crippen LogP contribution in [0.15, 0.2) is 35.3 Å². The van der Waals surface area contributed by atoms with E-state index in [4.69, 9.17) is 5.11 Å². The van der Waals surface area contributed by atoms with E-state index in [-0.39, 0.29) is 12.4 Å². The summed E-state index contributed by atoms with van der Waals surface area (Å²) in [6, 6.07) is 9.59. The smallest absolute Gasteiger partial charge is 0.190 e. The Morgan fingerprint density at radius 2 is 2.05 bits per heavy atom. The molecular weight excluding hydrogens is 260 g/mol. The first-order valence-electron chi connectivity index (χ1n) is 6.05. The van der Waals surface area contributed by atoms with Crippen molar-refractivity contribution in [1.82, 2.24) is 4.57 Å². The lowest BCUT2D eigenvalue weighted by Gasteiger charge is -2.03. The second kappa shape index (κ2) is 5.95. The molecule has 0 radical (unpaired) electrons. The number of para-hydroxylation sites is 1. The zero-order valence-electron chi connectivity index (χ0n) is 11.0. The van der Waals surface area contributed by atoms with Crippen LogP contribution in [-0.2, 0) is 6.54 Å². The highest BCUT2D eigenvalue weighted by Crippen LogP contribution is 2.15. The van der Waals surface area contributed by atoms with E-state index in [2.05, 4.69) is 4.99 Å². The van der Waals surface area contributed by atoms with Gasteiger partial charge < -0.3 is 9.67 Å². The van der Waals surface area contributed by atoms with Gasteiger partial charge in [-0.1, -0.05) is 29.5 Å². The molecule has 100 valence electrons. The van der Waals surface area contributed by atoms with Gasteiger partial charge in [0.2, 0.25) is 0 Å². The summed E-state index contributed by atoms with van der Waals surface area (Å²) in [5.74, 6) is 0.0312. The predicted octanol–water partition coefficient (Wildman–Crippen LogP) is 2.29. The molecule has 0 amide bonds. The Labute approximate surface area is 115 Å². The third-order valence-electron chi connectivity index (χ3n) is 2.78. The summed E-state index contributed by atoms with van der Waals surface area (Å²) in [6.45, 7) is 3.90. The van der Waals surface area contributed by atoms with Gasteiger partial charge in [0, 0.05) is 19.2 Å². The van der Waals surface area contributed by atoms with E-state index in [1.54, 1.807) is 6.92 Å². The van der Waals surface area contributed by atoms with Gasteiger partial charge in [-0.2, -0.15) is 0 Å². The molecule has 1 aromatic heterocycles. The molecule has 0 spiro atoms. The van der Waals surface area contributed by atoms with Crippen LogP contribution in [0.2, 0.25) is 0 Å². The van der Waals surface area contributed by atoms with Gasteiger partial charge in [-0.05, 0) is 19.1 Å². The molecule has 0 atom stereocenters. The molecule has 1 N–H and O–H groups in total. The maximum atomic E-state index is 11.6. The third kappa shape index (κ3) is 3.00. The highest BCUT2D eigenvalue weighted by molar-refractivity contribution is 7.11. The minimum Gasteiger partial charge on any atom is -0.395 e. The summed E-state index contributed by atoms with van der Waals surface area (Å²) < 4.78 is 1.88. The topological polar surface area (TPSA) is 54.6 Å². The van der Waals surface area contributed by atoms with Crippen molar-refractivity contribution in [1.29, 1.82) is 0 Å². The van der Waals surface area contributed by atoms with Crippen molar-refractivity contribution in [2.45, 2.75) is 20.4 Å². The number of Topliss-reactive ketones (excluding diaryl/α,β-unsaturated/α-hetero) is 1. The highest BCUT2D eigenvalue weighted by Gasteiger charge is 2.12. The molecule has 0 saturated heterocycles. The normalized spacial score (nSPS) is 11.8. The second-order valence-electron chi connectivity index (χ2n) is 4.18. The number of aliphatic hydroxyl groups is 1. The Morgan fingerprint density at radius 3 is 2.63 bits per heavy atom. The van der Waals surface area contributed by atoms with E-state index in [1.165, 1.54) is 11.3 Å². The minimum absolute atomic E-state index is 0.0247. The number of carbonyl (C=O) groups excluding carboxylic acids is 1. The van der Waals surface area contributed by atoms with Gasteiger partial charge >= 0.3 is 0 Å². The van der Waals surface area contributed by atoms with E-state index >= 15 is 0 Å². The molecule has 19 heavy (non-hydrogen) atoms. The second-order valence-corrected chi connectivity index (χ2v) is 5.16. The van der Waals surface area contributed by atoms with Crippen LogP contribution in [0.4, 0.5) is 5.69 Å². The number of nitrogens with zero attached hydrogens (tertiary/aromatic N) is 2. The largest absolute Gasteiger partial charge is 0.395 e. The number of carbonyl (C=O) groups is 1. The molecule has 0 aliphatic carbocycles. The van der Waals surface area contributed by atoms with Crippen molar-refractivity contribution in [2.24, 2.45) is 4.99 Å². The number of ketones is 1. The average molecular weight is 276 g/mol. The minimum atomic E-state index is 0.0247. The fourth-order valence-corrected chi connectivity index (χ4v) is 2.95. The van der Waals surface area contributed by atoms with Gasteiger partial charge in [0.1, 0.15) is 0 Å². The number of thiazole rings is 1. The van der Waals surface area contributed by atoms with Crippen LogP contribution < -0.4 is 4.80 Å². The zero-order valence-corrected chi connectivity index (χ0v) is 11.8. The number of aliphatic hydroxyl groups excluding tert-OH is 1. The molecule has 2 rings (SSSR count). The van der Waals surface area contributed by atoms with Crippen LogP contribution >= 0.6 is 11.3 Å². The lowest BCUT2D eigenvalue weighted by atomic mass is 10.3. The molecule has 5 heteroatoms. The molecule has 0 bridgehead atoms. The first-order valence-corrected chi connectivity index (χ1v) is 6.87. The van der Waals surface area contributed by atoms with Crippen molar-refractivity contribution >= 4 is 22.8 Å². The molecule has 2 aromatic rings. The van der Waals surface area contributed by atoms with Gasteiger partial charge in [0.05, 0.1) is 17.2 Å². The first-order chi connectivity index (χ1) is 9.13. The molecule has 0 aliphatic rings. The highest BCUT2D eigenvalue weighted by atomic mass is 32.1. The van der Waals surface area contributed by atoms with Crippen LogP contribution in [0.5, 0.6) is 0 Å². The van der Waals surface area contributed by atoms with E-state index in [9.17, 15) is 4.79 Å². The molecule has 0 saturated carbocycles. The zero-order chi connectivity index (χ0) is 13.8. The Hall–Kier alpha value is -1.72. The van der Waals surface area contributed by atoms with Crippen molar-refractivity contribution in [3.63, 3.8) is 0 Å². The van der Waals surface area contributed by atoms with Gasteiger partial charge in [-0.25, -0.2) is 4.99 Å². The SMILES string of the molecule is CC(=O)c1sc(=Nc2ccccc2)n(CCO)c1C. The summed E-state index contributed by atoms with van der Waals surface area (Å²) in [5, 5.41) is 9.14. The molecule has 0 fully saturated rings. The lowest BCUT2D eigenvalue weighted by molar-refractivity contribution is 0.102. The Morgan fingerprint density at radius 1 is 1.37 bits per heavy atom. The fraction of sp³-hybridized carbons (Fsp3) is 0.286. The Kier molecular flexibility index (Phi) is 4.29. The Balaban J connectivity index is 2.59. The van der Waals surface area contributed by atoms with E-state index in [1.807, 2.05) is 41.8 Å². The number of aromatic nitrogens is 1. The lowest BCUT2D eigenvalue weighted by Crippen LogP contribution is -2.18. The van der Waals surface area contributed by atoms with Gasteiger partial charge in [0.15, 0.2) is 10.6 Å². The number of hydrogen-bond acceptors (Lipinski definition) is 4. The summed E-state index contributed by atoms with van der Waals surface area (Å²) in [6.07, 6.45) is 0. The van der Waals surface area contributed by atoms with Crippen molar-refractivity contribution in [3.8, 4) is 0 Å².